The number of esters is 1. The van der Waals surface area contributed by atoms with Crippen molar-refractivity contribution in [1.29, 1.82) is 0 Å². The molecule has 0 aliphatic carbocycles. The number of hydrogen-bond donors (Lipinski definition) is 1. The van der Waals surface area contributed by atoms with Crippen LogP contribution >= 0.6 is 0 Å². The van der Waals surface area contributed by atoms with E-state index in [4.69, 9.17) is 4.74 Å². The second-order valence-electron chi connectivity index (χ2n) is 5.28. The largest absolute Gasteiger partial charge is 0.463 e. The Morgan fingerprint density at radius 3 is 2.75 bits per heavy atom. The van der Waals surface area contributed by atoms with Crippen LogP contribution in [0.1, 0.15) is 33.1 Å². The number of fused-ring (bicyclic) bond motifs is 2. The molecule has 2 saturated heterocycles. The van der Waals surface area contributed by atoms with Gasteiger partial charge < -0.3 is 9.84 Å². The first-order valence-corrected chi connectivity index (χ1v) is 6.11. The zero-order valence-corrected chi connectivity index (χ0v) is 10.2. The van der Waals surface area contributed by atoms with Crippen LogP contribution in [0.25, 0.3) is 0 Å². The first-order chi connectivity index (χ1) is 7.50. The quantitative estimate of drug-likeness (QED) is 0.708. The van der Waals surface area contributed by atoms with Crippen molar-refractivity contribution in [3.05, 3.63) is 0 Å². The Kier molecular flexibility index (Phi) is 3.22. The molecule has 0 aromatic carbocycles. The topological polar surface area (TPSA) is 49.8 Å². The van der Waals surface area contributed by atoms with Crippen molar-refractivity contribution in [2.75, 3.05) is 7.05 Å². The Morgan fingerprint density at radius 2 is 2.12 bits per heavy atom. The van der Waals surface area contributed by atoms with E-state index < -0.39 is 6.10 Å². The second-order valence-corrected chi connectivity index (χ2v) is 5.28. The van der Waals surface area contributed by atoms with Gasteiger partial charge in [0.15, 0.2) is 0 Å². The number of nitrogens with zero attached hydrogens (tertiary/aromatic N) is 1. The van der Waals surface area contributed by atoms with Gasteiger partial charge in [-0.25, -0.2) is 0 Å². The molecule has 0 radical (unpaired) electrons. The normalized spacial score (nSPS) is 39.1. The van der Waals surface area contributed by atoms with Gasteiger partial charge in [0.25, 0.3) is 0 Å². The van der Waals surface area contributed by atoms with Crippen LogP contribution < -0.4 is 0 Å². The molecule has 2 fully saturated rings. The summed E-state index contributed by atoms with van der Waals surface area (Å²) < 4.78 is 5.23. The van der Waals surface area contributed by atoms with E-state index in [0.29, 0.717) is 12.5 Å². The van der Waals surface area contributed by atoms with E-state index in [1.807, 2.05) is 20.9 Å². The molecule has 16 heavy (non-hydrogen) atoms. The number of hydrogen-bond acceptors (Lipinski definition) is 4. The summed E-state index contributed by atoms with van der Waals surface area (Å²) in [6.07, 6.45) is 2.15. The first-order valence-electron chi connectivity index (χ1n) is 6.11. The molecule has 0 aromatic heterocycles. The van der Waals surface area contributed by atoms with Gasteiger partial charge in [-0.15, -0.1) is 0 Å². The predicted octanol–water partition coefficient (Wildman–Crippen LogP) is 0.782. The van der Waals surface area contributed by atoms with Crippen LogP contribution in [0.5, 0.6) is 0 Å². The molecule has 1 N–H and O–H groups in total. The lowest BCUT2D eigenvalue weighted by Gasteiger charge is -2.39. The van der Waals surface area contributed by atoms with Crippen molar-refractivity contribution < 1.29 is 14.6 Å². The van der Waals surface area contributed by atoms with Gasteiger partial charge in [0.05, 0.1) is 18.1 Å². The van der Waals surface area contributed by atoms with Gasteiger partial charge in [-0.2, -0.15) is 0 Å². The van der Waals surface area contributed by atoms with E-state index in [1.165, 1.54) is 0 Å². The molecule has 4 nitrogen and oxygen atoms in total. The van der Waals surface area contributed by atoms with Crippen LogP contribution in [0.4, 0.5) is 0 Å². The minimum absolute atomic E-state index is 0.107. The lowest BCUT2D eigenvalue weighted by atomic mass is 9.88. The number of aliphatic hydroxyl groups excluding tert-OH is 1. The number of carbonyl (C=O) groups is 1. The summed E-state index contributed by atoms with van der Waals surface area (Å²) >= 11 is 0. The zero-order valence-electron chi connectivity index (χ0n) is 10.2. The van der Waals surface area contributed by atoms with Gasteiger partial charge >= 0.3 is 5.97 Å². The van der Waals surface area contributed by atoms with Gasteiger partial charge in [0.1, 0.15) is 0 Å². The van der Waals surface area contributed by atoms with Gasteiger partial charge in [-0.1, -0.05) is 0 Å². The maximum Gasteiger partial charge on any atom is 0.313 e. The molecule has 92 valence electrons. The Labute approximate surface area is 96.6 Å². The molecule has 4 atom stereocenters. The number of ether oxygens (including phenoxy) is 1. The van der Waals surface area contributed by atoms with Crippen LogP contribution in [0.2, 0.25) is 0 Å². The first kappa shape index (κ1) is 11.9. The highest BCUT2D eigenvalue weighted by Crippen LogP contribution is 2.38. The molecular formula is C12H21NO3. The van der Waals surface area contributed by atoms with Gasteiger partial charge in [-0.3, -0.25) is 9.69 Å². The maximum absolute atomic E-state index is 11.9. The summed E-state index contributed by atoms with van der Waals surface area (Å²) in [7, 11) is 2.05. The van der Waals surface area contributed by atoms with E-state index in [0.717, 1.165) is 12.8 Å². The van der Waals surface area contributed by atoms with Crippen molar-refractivity contribution in [2.45, 2.75) is 57.4 Å². The van der Waals surface area contributed by atoms with E-state index in [1.54, 1.807) is 0 Å². The molecule has 2 aliphatic heterocycles. The molecule has 0 aromatic rings. The Bertz CT molecular complexity index is 279. The Morgan fingerprint density at radius 1 is 1.44 bits per heavy atom. The van der Waals surface area contributed by atoms with Gasteiger partial charge in [0.2, 0.25) is 0 Å². The van der Waals surface area contributed by atoms with Crippen molar-refractivity contribution in [1.82, 2.24) is 4.90 Å². The fraction of sp³-hybridized carbons (Fsp3) is 0.917. The summed E-state index contributed by atoms with van der Waals surface area (Å²) in [5.74, 6) is -0.592. The van der Waals surface area contributed by atoms with E-state index in [2.05, 4.69) is 4.90 Å². The van der Waals surface area contributed by atoms with Crippen LogP contribution in [-0.2, 0) is 9.53 Å². The van der Waals surface area contributed by atoms with Crippen LogP contribution in [0.15, 0.2) is 0 Å². The standard InChI is InChI=1S/C12H21NO3/c1-7(2)16-12(15)11-9-5-4-8(13(9)3)6-10(11)14/h7-11,14H,4-6H2,1-3H3/t8-,9+,10-,11+/m0/s1. The third kappa shape index (κ3) is 1.96. The van der Waals surface area contributed by atoms with Crippen molar-refractivity contribution >= 4 is 5.97 Å². The molecule has 4 heteroatoms. The Balaban J connectivity index is 2.10. The molecule has 2 rings (SSSR count). The molecule has 2 aliphatic rings. The summed E-state index contributed by atoms with van der Waals surface area (Å²) in [4.78, 5) is 14.2. The van der Waals surface area contributed by atoms with Crippen LogP contribution in [0.3, 0.4) is 0 Å². The van der Waals surface area contributed by atoms with E-state index in [-0.39, 0.29) is 24.0 Å². The minimum atomic E-state index is -0.528. The molecule has 0 spiro atoms. The van der Waals surface area contributed by atoms with Gasteiger partial charge in [0, 0.05) is 12.1 Å². The number of aliphatic hydroxyl groups is 1. The molecule has 0 unspecified atom stereocenters. The summed E-state index contributed by atoms with van der Waals surface area (Å²) in [5.41, 5.74) is 0. The SMILES string of the molecule is CC(C)OC(=O)[C@@H]1[C@H]2CC[C@@H](C[C@@H]1O)N2C. The van der Waals surface area contributed by atoms with E-state index in [9.17, 15) is 9.90 Å². The highest BCUT2D eigenvalue weighted by molar-refractivity contribution is 5.74. The monoisotopic (exact) mass is 227 g/mol. The van der Waals surface area contributed by atoms with Crippen molar-refractivity contribution in [3.63, 3.8) is 0 Å². The molecule has 2 bridgehead atoms. The highest BCUT2D eigenvalue weighted by Gasteiger charge is 2.48. The van der Waals surface area contributed by atoms with Crippen LogP contribution in [0, 0.1) is 5.92 Å². The predicted molar refractivity (Wildman–Crippen MR) is 59.9 cm³/mol. The summed E-state index contributed by atoms with van der Waals surface area (Å²) in [6.45, 7) is 3.68. The van der Waals surface area contributed by atoms with E-state index >= 15 is 0 Å². The zero-order chi connectivity index (χ0) is 11.9. The third-order valence-electron chi connectivity index (χ3n) is 3.86. The fourth-order valence-corrected chi connectivity index (χ4v) is 3.07. The van der Waals surface area contributed by atoms with Crippen LogP contribution in [-0.4, -0.2) is 47.3 Å². The lowest BCUT2D eigenvalue weighted by molar-refractivity contribution is -0.162. The smallest absolute Gasteiger partial charge is 0.313 e. The number of piperidine rings is 1. The molecule has 0 saturated carbocycles. The third-order valence-corrected chi connectivity index (χ3v) is 3.86. The number of carbonyl (C=O) groups excluding carboxylic acids is 1. The average Bonchev–Trinajstić information content (AvgIpc) is 2.45. The molecule has 0 amide bonds. The summed E-state index contributed by atoms with van der Waals surface area (Å²) in [6, 6.07) is 0.614. The number of rotatable bonds is 2. The maximum atomic E-state index is 11.9. The minimum Gasteiger partial charge on any atom is -0.463 e. The summed E-state index contributed by atoms with van der Waals surface area (Å²) in [5, 5.41) is 10.0. The second kappa shape index (κ2) is 4.34. The fourth-order valence-electron chi connectivity index (χ4n) is 3.07. The van der Waals surface area contributed by atoms with Crippen molar-refractivity contribution in [2.24, 2.45) is 5.92 Å². The van der Waals surface area contributed by atoms with Gasteiger partial charge in [-0.05, 0) is 40.2 Å². The average molecular weight is 227 g/mol. The molecule has 2 heterocycles. The lowest BCUT2D eigenvalue weighted by Crippen LogP contribution is -2.52. The molecular weight excluding hydrogens is 206 g/mol. The van der Waals surface area contributed by atoms with Crippen molar-refractivity contribution in [3.8, 4) is 0 Å². The highest BCUT2D eigenvalue weighted by atomic mass is 16.5. The Hall–Kier alpha value is -0.610.